The number of fused-ring (bicyclic) bond motifs is 1. The predicted molar refractivity (Wildman–Crippen MR) is 105 cm³/mol. The van der Waals surface area contributed by atoms with Crippen LogP contribution in [0.5, 0.6) is 0 Å². The highest BCUT2D eigenvalue weighted by molar-refractivity contribution is 9.10. The lowest BCUT2D eigenvalue weighted by Gasteiger charge is -2.38. The zero-order valence-corrected chi connectivity index (χ0v) is 15.7. The Morgan fingerprint density at radius 2 is 1.76 bits per heavy atom. The van der Waals surface area contributed by atoms with Crippen LogP contribution in [0.25, 0.3) is 10.9 Å². The highest BCUT2D eigenvalue weighted by Crippen LogP contribution is 2.29. The molecule has 4 rings (SSSR count). The number of aromatic nitrogens is 3. The second-order valence-electron chi connectivity index (χ2n) is 6.38. The minimum Gasteiger partial charge on any atom is -0.371 e. The molecule has 0 radical (unpaired) electrons. The summed E-state index contributed by atoms with van der Waals surface area (Å²) in [4.78, 5) is 18.0. The molecule has 0 saturated carbocycles. The van der Waals surface area contributed by atoms with Crippen molar-refractivity contribution in [2.45, 2.75) is 18.9 Å². The van der Waals surface area contributed by atoms with Crippen molar-refractivity contribution in [3.8, 4) is 0 Å². The number of rotatable bonds is 3. The molecule has 6 heteroatoms. The summed E-state index contributed by atoms with van der Waals surface area (Å²) in [5.74, 6) is 0.788. The number of pyridine rings is 1. The molecule has 25 heavy (non-hydrogen) atoms. The number of hydrogen-bond acceptors (Lipinski definition) is 5. The molecule has 3 heterocycles. The van der Waals surface area contributed by atoms with Gasteiger partial charge in [-0.3, -0.25) is 4.98 Å². The maximum Gasteiger partial charge on any atom is 0.225 e. The molecule has 1 aromatic carbocycles. The van der Waals surface area contributed by atoms with Crippen molar-refractivity contribution in [3.05, 3.63) is 53.4 Å². The number of para-hydroxylation sites is 1. The summed E-state index contributed by atoms with van der Waals surface area (Å²) in [6.45, 7) is 2.05. The van der Waals surface area contributed by atoms with Gasteiger partial charge < -0.3 is 9.80 Å². The first-order valence-corrected chi connectivity index (χ1v) is 9.31. The molecule has 0 unspecified atom stereocenters. The molecule has 0 aliphatic carbocycles. The second-order valence-corrected chi connectivity index (χ2v) is 7.29. The van der Waals surface area contributed by atoms with Crippen molar-refractivity contribution in [3.63, 3.8) is 0 Å². The number of piperidine rings is 1. The van der Waals surface area contributed by atoms with Gasteiger partial charge in [-0.15, -0.1) is 0 Å². The van der Waals surface area contributed by atoms with Crippen LogP contribution < -0.4 is 9.80 Å². The topological polar surface area (TPSA) is 45.2 Å². The summed E-state index contributed by atoms with van der Waals surface area (Å²) in [5, 5.41) is 1.23. The van der Waals surface area contributed by atoms with E-state index >= 15 is 0 Å². The van der Waals surface area contributed by atoms with Crippen LogP contribution in [0.4, 0.5) is 11.6 Å². The third kappa shape index (κ3) is 3.31. The number of anilines is 2. The van der Waals surface area contributed by atoms with E-state index < -0.39 is 0 Å². The minimum atomic E-state index is 0.463. The average Bonchev–Trinajstić information content (AvgIpc) is 2.68. The Morgan fingerprint density at radius 1 is 1.04 bits per heavy atom. The van der Waals surface area contributed by atoms with Crippen molar-refractivity contribution in [2.75, 3.05) is 29.9 Å². The minimum absolute atomic E-state index is 0.463. The molecule has 0 bridgehead atoms. The fourth-order valence-corrected chi connectivity index (χ4v) is 3.71. The van der Waals surface area contributed by atoms with E-state index in [4.69, 9.17) is 0 Å². The quantitative estimate of drug-likeness (QED) is 0.670. The van der Waals surface area contributed by atoms with E-state index in [1.807, 2.05) is 12.3 Å². The van der Waals surface area contributed by atoms with Crippen LogP contribution >= 0.6 is 15.9 Å². The molecule has 0 amide bonds. The van der Waals surface area contributed by atoms with Gasteiger partial charge >= 0.3 is 0 Å². The van der Waals surface area contributed by atoms with E-state index in [9.17, 15) is 0 Å². The van der Waals surface area contributed by atoms with Gasteiger partial charge in [0, 0.05) is 55.8 Å². The molecule has 5 nitrogen and oxygen atoms in total. The first kappa shape index (κ1) is 16.3. The molecule has 1 aliphatic heterocycles. The molecule has 1 aliphatic rings. The number of halogens is 1. The predicted octanol–water partition coefficient (Wildman–Crippen LogP) is 3.89. The molecule has 2 aromatic heterocycles. The van der Waals surface area contributed by atoms with E-state index in [0.29, 0.717) is 6.04 Å². The smallest absolute Gasteiger partial charge is 0.225 e. The third-order valence-electron chi connectivity index (χ3n) is 4.90. The standard InChI is InChI=1S/C19H20BrN5/c1-24(19-22-12-14(20)13-23-19)15-7-10-25(11-8-15)18-6-9-21-17-5-3-2-4-16(17)18/h2-6,9,12-13,15H,7-8,10-11H2,1H3. The van der Waals surface area contributed by atoms with Gasteiger partial charge in [0.05, 0.1) is 9.99 Å². The van der Waals surface area contributed by atoms with Gasteiger partial charge in [-0.25, -0.2) is 9.97 Å². The van der Waals surface area contributed by atoms with E-state index in [1.165, 1.54) is 11.1 Å². The Morgan fingerprint density at radius 3 is 2.52 bits per heavy atom. The van der Waals surface area contributed by atoms with E-state index in [1.54, 1.807) is 12.4 Å². The zero-order chi connectivity index (χ0) is 17.2. The summed E-state index contributed by atoms with van der Waals surface area (Å²) < 4.78 is 0.907. The van der Waals surface area contributed by atoms with Crippen LogP contribution in [-0.4, -0.2) is 41.1 Å². The summed E-state index contributed by atoms with van der Waals surface area (Å²) >= 11 is 3.39. The van der Waals surface area contributed by atoms with Crippen LogP contribution in [0.2, 0.25) is 0 Å². The van der Waals surface area contributed by atoms with Crippen LogP contribution in [0.1, 0.15) is 12.8 Å². The van der Waals surface area contributed by atoms with Crippen LogP contribution in [0, 0.1) is 0 Å². The maximum atomic E-state index is 4.47. The molecular weight excluding hydrogens is 378 g/mol. The zero-order valence-electron chi connectivity index (χ0n) is 14.1. The summed E-state index contributed by atoms with van der Waals surface area (Å²) in [5.41, 5.74) is 2.34. The fraction of sp³-hybridized carbons (Fsp3) is 0.316. The fourth-order valence-electron chi connectivity index (χ4n) is 3.50. The van der Waals surface area contributed by atoms with Gasteiger partial charge in [-0.05, 0) is 40.9 Å². The second kappa shape index (κ2) is 6.96. The van der Waals surface area contributed by atoms with E-state index in [0.717, 1.165) is 41.9 Å². The molecule has 1 saturated heterocycles. The van der Waals surface area contributed by atoms with Gasteiger partial charge in [0.25, 0.3) is 0 Å². The first-order chi connectivity index (χ1) is 12.2. The van der Waals surface area contributed by atoms with Crippen molar-refractivity contribution < 1.29 is 0 Å². The lowest BCUT2D eigenvalue weighted by molar-refractivity contribution is 0.478. The largest absolute Gasteiger partial charge is 0.371 e. The van der Waals surface area contributed by atoms with Gasteiger partial charge in [0.15, 0.2) is 0 Å². The van der Waals surface area contributed by atoms with Crippen molar-refractivity contribution in [1.29, 1.82) is 0 Å². The van der Waals surface area contributed by atoms with Gasteiger partial charge in [-0.1, -0.05) is 18.2 Å². The Balaban J connectivity index is 1.48. The SMILES string of the molecule is CN(c1ncc(Br)cn1)C1CCN(c2ccnc3ccccc23)CC1. The van der Waals surface area contributed by atoms with Gasteiger partial charge in [0.2, 0.25) is 5.95 Å². The maximum absolute atomic E-state index is 4.47. The monoisotopic (exact) mass is 397 g/mol. The molecule has 0 atom stereocenters. The normalized spacial score (nSPS) is 15.5. The van der Waals surface area contributed by atoms with E-state index in [-0.39, 0.29) is 0 Å². The summed E-state index contributed by atoms with van der Waals surface area (Å²) in [6, 6.07) is 10.9. The lowest BCUT2D eigenvalue weighted by Crippen LogP contribution is -2.44. The van der Waals surface area contributed by atoms with Crippen molar-refractivity contribution in [1.82, 2.24) is 15.0 Å². The van der Waals surface area contributed by atoms with Crippen LogP contribution in [-0.2, 0) is 0 Å². The summed E-state index contributed by atoms with van der Waals surface area (Å²) in [7, 11) is 2.09. The molecule has 1 fully saturated rings. The molecule has 128 valence electrons. The van der Waals surface area contributed by atoms with Gasteiger partial charge in [-0.2, -0.15) is 0 Å². The molecular formula is C19H20BrN5. The Labute approximate surface area is 155 Å². The Hall–Kier alpha value is -2.21. The molecule has 3 aromatic rings. The average molecular weight is 398 g/mol. The van der Waals surface area contributed by atoms with Crippen molar-refractivity contribution >= 4 is 38.5 Å². The third-order valence-corrected chi connectivity index (χ3v) is 5.31. The molecule has 0 N–H and O–H groups in total. The van der Waals surface area contributed by atoms with Gasteiger partial charge in [0.1, 0.15) is 0 Å². The van der Waals surface area contributed by atoms with Crippen LogP contribution in [0.3, 0.4) is 0 Å². The number of nitrogens with zero attached hydrogens (tertiary/aromatic N) is 5. The first-order valence-electron chi connectivity index (χ1n) is 8.51. The summed E-state index contributed by atoms with van der Waals surface area (Å²) in [6.07, 6.45) is 7.69. The van der Waals surface area contributed by atoms with Crippen LogP contribution in [0.15, 0.2) is 53.4 Å². The van der Waals surface area contributed by atoms with Crippen molar-refractivity contribution in [2.24, 2.45) is 0 Å². The Bertz CT molecular complexity index is 854. The van der Waals surface area contributed by atoms with E-state index in [2.05, 4.69) is 72.0 Å². The highest BCUT2D eigenvalue weighted by Gasteiger charge is 2.24. The number of benzene rings is 1. The lowest BCUT2D eigenvalue weighted by atomic mass is 10.0. The highest BCUT2D eigenvalue weighted by atomic mass is 79.9. The number of hydrogen-bond donors (Lipinski definition) is 0. The Kier molecular flexibility index (Phi) is 4.53. The molecule has 0 spiro atoms.